The van der Waals surface area contributed by atoms with Crippen molar-refractivity contribution >= 4 is 29.3 Å². The molecule has 0 radical (unpaired) electrons. The van der Waals surface area contributed by atoms with Gasteiger partial charge in [0.1, 0.15) is 0 Å². The molecule has 0 bridgehead atoms. The van der Waals surface area contributed by atoms with E-state index in [-0.39, 0.29) is 29.4 Å². The van der Waals surface area contributed by atoms with Gasteiger partial charge in [0.15, 0.2) is 11.5 Å². The lowest BCUT2D eigenvalue weighted by Crippen LogP contribution is -2.44. The normalized spacial score (nSPS) is 15.8. The van der Waals surface area contributed by atoms with Crippen molar-refractivity contribution in [3.05, 3.63) is 55.0 Å². The fourth-order valence-corrected chi connectivity index (χ4v) is 3.41. The smallest absolute Gasteiger partial charge is 0.273 e. The van der Waals surface area contributed by atoms with Crippen LogP contribution in [-0.2, 0) is 4.79 Å². The number of primary amides is 1. The molecule has 1 aliphatic rings. The van der Waals surface area contributed by atoms with Gasteiger partial charge < -0.3 is 21.3 Å². The first-order valence-electron chi connectivity index (χ1n) is 9.99. The van der Waals surface area contributed by atoms with Crippen LogP contribution in [0.4, 0.5) is 17.5 Å². The van der Waals surface area contributed by atoms with Gasteiger partial charge in [-0.05, 0) is 43.2 Å². The molecule has 3 aromatic rings. The number of carbonyl (C=O) groups is 2. The molecule has 0 saturated carbocycles. The third-order valence-corrected chi connectivity index (χ3v) is 4.94. The Balaban J connectivity index is 1.51. The van der Waals surface area contributed by atoms with Crippen molar-refractivity contribution in [3.8, 4) is 5.69 Å². The summed E-state index contributed by atoms with van der Waals surface area (Å²) in [5.41, 5.74) is 6.79. The van der Waals surface area contributed by atoms with E-state index in [0.717, 1.165) is 18.5 Å². The topological polar surface area (TPSA) is 157 Å². The Hall–Kier alpha value is -4.35. The number of amides is 2. The van der Waals surface area contributed by atoms with Crippen LogP contribution in [0, 0.1) is 0 Å². The van der Waals surface area contributed by atoms with Gasteiger partial charge in [-0.2, -0.15) is 20.0 Å². The van der Waals surface area contributed by atoms with E-state index < -0.39 is 5.91 Å². The zero-order chi connectivity index (χ0) is 22.5. The SMILES string of the molecule is C=CC(=O)N1CCC[C@@H](Nc2nnc(C(N)=O)c(Nc3ccc(-n4nccn4)cc3)n2)C1. The summed E-state index contributed by atoms with van der Waals surface area (Å²) in [6.07, 6.45) is 6.16. The van der Waals surface area contributed by atoms with Crippen LogP contribution in [0.3, 0.4) is 0 Å². The minimum atomic E-state index is -0.753. The summed E-state index contributed by atoms with van der Waals surface area (Å²) in [5, 5.41) is 22.3. The molecule has 2 aromatic heterocycles. The zero-order valence-corrected chi connectivity index (χ0v) is 17.2. The highest BCUT2D eigenvalue weighted by Crippen LogP contribution is 2.21. The largest absolute Gasteiger partial charge is 0.364 e. The van der Waals surface area contributed by atoms with Crippen molar-refractivity contribution in [3.63, 3.8) is 0 Å². The van der Waals surface area contributed by atoms with Gasteiger partial charge in [0.2, 0.25) is 11.9 Å². The van der Waals surface area contributed by atoms with Gasteiger partial charge in [-0.3, -0.25) is 9.59 Å². The van der Waals surface area contributed by atoms with Crippen LogP contribution in [0.2, 0.25) is 0 Å². The highest BCUT2D eigenvalue weighted by molar-refractivity contribution is 5.96. The Kier molecular flexibility index (Phi) is 6.01. The summed E-state index contributed by atoms with van der Waals surface area (Å²) in [5.74, 6) is -0.463. The summed E-state index contributed by atoms with van der Waals surface area (Å²) in [6, 6.07) is 7.15. The van der Waals surface area contributed by atoms with Crippen molar-refractivity contribution in [2.45, 2.75) is 18.9 Å². The van der Waals surface area contributed by atoms with Crippen LogP contribution in [0.15, 0.2) is 49.3 Å². The lowest BCUT2D eigenvalue weighted by Gasteiger charge is -2.32. The number of nitrogens with two attached hydrogens (primary N) is 1. The van der Waals surface area contributed by atoms with Gasteiger partial charge in [0, 0.05) is 24.8 Å². The molecule has 3 heterocycles. The molecule has 164 valence electrons. The Labute approximate surface area is 183 Å². The second kappa shape index (κ2) is 9.20. The number of hydrogen-bond acceptors (Lipinski definition) is 9. The Morgan fingerprint density at radius 1 is 1.16 bits per heavy atom. The molecule has 12 nitrogen and oxygen atoms in total. The Morgan fingerprint density at radius 3 is 2.59 bits per heavy atom. The number of rotatable bonds is 7. The van der Waals surface area contributed by atoms with Gasteiger partial charge in [0.25, 0.3) is 5.91 Å². The zero-order valence-electron chi connectivity index (χ0n) is 17.2. The second-order valence-corrected chi connectivity index (χ2v) is 7.16. The number of likely N-dealkylation sites (tertiary alicyclic amines) is 1. The molecule has 1 atom stereocenters. The first-order chi connectivity index (χ1) is 15.5. The molecule has 1 fully saturated rings. The summed E-state index contributed by atoms with van der Waals surface area (Å²) in [7, 11) is 0. The number of benzene rings is 1. The molecule has 12 heteroatoms. The molecule has 1 saturated heterocycles. The van der Waals surface area contributed by atoms with E-state index in [0.29, 0.717) is 18.8 Å². The molecule has 2 amide bonds. The van der Waals surface area contributed by atoms with Gasteiger partial charge in [-0.15, -0.1) is 10.2 Å². The van der Waals surface area contributed by atoms with Gasteiger partial charge >= 0.3 is 0 Å². The summed E-state index contributed by atoms with van der Waals surface area (Å²) in [4.78, 5) is 31.3. The fourth-order valence-electron chi connectivity index (χ4n) is 3.41. The van der Waals surface area contributed by atoms with Crippen LogP contribution in [0.1, 0.15) is 23.3 Å². The molecule has 4 rings (SSSR count). The van der Waals surface area contributed by atoms with Gasteiger partial charge in [-0.25, -0.2) is 0 Å². The third-order valence-electron chi connectivity index (χ3n) is 4.94. The predicted molar refractivity (Wildman–Crippen MR) is 116 cm³/mol. The highest BCUT2D eigenvalue weighted by Gasteiger charge is 2.23. The maximum Gasteiger partial charge on any atom is 0.273 e. The van der Waals surface area contributed by atoms with E-state index in [1.165, 1.54) is 10.9 Å². The number of piperidine rings is 1. The average molecular weight is 434 g/mol. The van der Waals surface area contributed by atoms with Crippen LogP contribution in [0.25, 0.3) is 5.69 Å². The van der Waals surface area contributed by atoms with E-state index >= 15 is 0 Å². The molecule has 32 heavy (non-hydrogen) atoms. The highest BCUT2D eigenvalue weighted by atomic mass is 16.2. The lowest BCUT2D eigenvalue weighted by atomic mass is 10.1. The Bertz CT molecular complexity index is 1110. The molecule has 1 aliphatic heterocycles. The van der Waals surface area contributed by atoms with Crippen molar-refractivity contribution in [1.82, 2.24) is 35.1 Å². The number of nitrogens with zero attached hydrogens (tertiary/aromatic N) is 7. The summed E-state index contributed by atoms with van der Waals surface area (Å²) in [6.45, 7) is 4.71. The fraction of sp³-hybridized carbons (Fsp3) is 0.250. The minimum absolute atomic E-state index is 0.0532. The monoisotopic (exact) mass is 434 g/mol. The second-order valence-electron chi connectivity index (χ2n) is 7.16. The number of anilines is 3. The molecular weight excluding hydrogens is 412 g/mol. The quantitative estimate of drug-likeness (QED) is 0.459. The number of aromatic nitrogens is 6. The van der Waals surface area contributed by atoms with E-state index in [9.17, 15) is 9.59 Å². The molecule has 4 N–H and O–H groups in total. The van der Waals surface area contributed by atoms with Gasteiger partial charge in [-0.1, -0.05) is 6.58 Å². The van der Waals surface area contributed by atoms with Crippen LogP contribution in [-0.4, -0.2) is 66.0 Å². The summed E-state index contributed by atoms with van der Waals surface area (Å²) < 4.78 is 0. The van der Waals surface area contributed by atoms with Crippen LogP contribution in [0.5, 0.6) is 0 Å². The standard InChI is InChI=1S/C20H22N10O2/c1-2-16(31)29-11-3-4-14(12-29)25-20-26-19(17(18(21)32)27-28-20)24-13-5-7-15(8-6-13)30-22-9-10-23-30/h2,5-10,14H,1,3-4,11-12H2,(H2,21,32)(H2,24,25,26,28)/t14-/m1/s1. The molecule has 1 aromatic carbocycles. The Morgan fingerprint density at radius 2 is 1.91 bits per heavy atom. The predicted octanol–water partition coefficient (Wildman–Crippen LogP) is 0.884. The maximum absolute atomic E-state index is 11.9. The minimum Gasteiger partial charge on any atom is -0.364 e. The van der Waals surface area contributed by atoms with Crippen molar-refractivity contribution < 1.29 is 9.59 Å². The number of nitrogens with one attached hydrogen (secondary N) is 2. The molecule has 0 spiro atoms. The average Bonchev–Trinajstić information content (AvgIpc) is 3.34. The first kappa shape index (κ1) is 20.9. The van der Waals surface area contributed by atoms with Crippen molar-refractivity contribution in [2.24, 2.45) is 5.73 Å². The molecular formula is C20H22N10O2. The molecule has 0 aliphatic carbocycles. The summed E-state index contributed by atoms with van der Waals surface area (Å²) >= 11 is 0. The van der Waals surface area contributed by atoms with E-state index in [1.807, 2.05) is 12.1 Å². The third kappa shape index (κ3) is 4.69. The van der Waals surface area contributed by atoms with Crippen LogP contribution >= 0.6 is 0 Å². The maximum atomic E-state index is 11.9. The number of carbonyl (C=O) groups excluding carboxylic acids is 2. The van der Waals surface area contributed by atoms with E-state index in [2.05, 4.69) is 42.6 Å². The van der Waals surface area contributed by atoms with Crippen LogP contribution < -0.4 is 16.4 Å². The van der Waals surface area contributed by atoms with Crippen molar-refractivity contribution in [2.75, 3.05) is 23.7 Å². The van der Waals surface area contributed by atoms with E-state index in [1.54, 1.807) is 29.4 Å². The molecule has 0 unspecified atom stereocenters. The van der Waals surface area contributed by atoms with Gasteiger partial charge in [0.05, 0.1) is 18.1 Å². The van der Waals surface area contributed by atoms with Crippen molar-refractivity contribution in [1.29, 1.82) is 0 Å². The van der Waals surface area contributed by atoms with E-state index in [4.69, 9.17) is 5.73 Å². The number of hydrogen-bond donors (Lipinski definition) is 3. The lowest BCUT2D eigenvalue weighted by molar-refractivity contribution is -0.127. The first-order valence-corrected chi connectivity index (χ1v) is 9.99.